The van der Waals surface area contributed by atoms with Crippen molar-refractivity contribution in [3.63, 3.8) is 0 Å². The number of amides is 1. The van der Waals surface area contributed by atoms with Gasteiger partial charge in [0.15, 0.2) is 5.52 Å². The zero-order valence-electron chi connectivity index (χ0n) is 16.7. The Morgan fingerprint density at radius 2 is 2.00 bits per heavy atom. The van der Waals surface area contributed by atoms with Gasteiger partial charge in [-0.25, -0.2) is 0 Å². The van der Waals surface area contributed by atoms with E-state index in [2.05, 4.69) is 34.6 Å². The molecule has 0 aliphatic rings. The van der Waals surface area contributed by atoms with Gasteiger partial charge in [-0.2, -0.15) is 15.4 Å². The molecule has 29 heavy (non-hydrogen) atoms. The molecule has 1 amide bonds. The number of H-pyrrole nitrogens is 1. The minimum absolute atomic E-state index is 0.156. The summed E-state index contributed by atoms with van der Waals surface area (Å²) in [5, 5.41) is 24.3. The minimum Gasteiger partial charge on any atom is -0.488 e. The molecule has 1 aromatic heterocycles. The van der Waals surface area contributed by atoms with Crippen molar-refractivity contribution in [1.82, 2.24) is 20.7 Å². The van der Waals surface area contributed by atoms with Gasteiger partial charge in [0.1, 0.15) is 24.0 Å². The van der Waals surface area contributed by atoms with Crippen molar-refractivity contribution in [2.45, 2.75) is 38.3 Å². The lowest BCUT2D eigenvalue weighted by Gasteiger charge is -2.28. The van der Waals surface area contributed by atoms with Gasteiger partial charge in [0.05, 0.1) is 0 Å². The van der Waals surface area contributed by atoms with Crippen molar-refractivity contribution in [2.75, 3.05) is 13.2 Å². The molecule has 3 aromatic rings. The highest BCUT2D eigenvalue weighted by atomic mass is 16.5. The molecule has 3 rings (SSSR count). The Hall–Kier alpha value is -2.97. The number of primary amides is 1. The van der Waals surface area contributed by atoms with Crippen LogP contribution in [0.1, 0.15) is 36.2 Å². The zero-order valence-corrected chi connectivity index (χ0v) is 16.7. The van der Waals surface area contributed by atoms with Crippen LogP contribution in [0.25, 0.3) is 11.0 Å². The SMILES string of the molecule is CC(C)(CCc1ccc(C(N)=O)cc1)NCC(O)COc1cccc2n[nH]nc12. The van der Waals surface area contributed by atoms with Crippen LogP contribution in [-0.2, 0) is 6.42 Å². The van der Waals surface area contributed by atoms with Gasteiger partial charge in [-0.15, -0.1) is 0 Å². The van der Waals surface area contributed by atoms with Gasteiger partial charge in [-0.1, -0.05) is 18.2 Å². The van der Waals surface area contributed by atoms with Crippen LogP contribution in [-0.4, -0.2) is 51.2 Å². The molecule has 5 N–H and O–H groups in total. The maximum atomic E-state index is 11.1. The normalized spacial score (nSPS) is 12.8. The molecule has 8 nitrogen and oxygen atoms in total. The summed E-state index contributed by atoms with van der Waals surface area (Å²) in [5.74, 6) is 0.170. The fraction of sp³-hybridized carbons (Fsp3) is 0.381. The van der Waals surface area contributed by atoms with E-state index < -0.39 is 12.0 Å². The number of aliphatic hydroxyl groups is 1. The topological polar surface area (TPSA) is 126 Å². The molecule has 0 fully saturated rings. The lowest BCUT2D eigenvalue weighted by atomic mass is 9.94. The van der Waals surface area contributed by atoms with Crippen molar-refractivity contribution in [2.24, 2.45) is 5.73 Å². The van der Waals surface area contributed by atoms with Gasteiger partial charge in [0.25, 0.3) is 0 Å². The van der Waals surface area contributed by atoms with Gasteiger partial charge in [-0.05, 0) is 56.5 Å². The second-order valence-corrected chi connectivity index (χ2v) is 7.74. The number of rotatable bonds is 10. The van der Waals surface area contributed by atoms with E-state index in [1.165, 1.54) is 0 Å². The standard InChI is InChI=1S/C21H27N5O3/c1-21(2,11-10-14-6-8-15(9-7-14)20(22)28)23-12-16(27)13-29-18-5-3-4-17-19(18)25-26-24-17/h3-9,16,23,27H,10-13H2,1-2H3,(H2,22,28)(H,24,25,26). The first-order valence-corrected chi connectivity index (χ1v) is 9.58. The quantitative estimate of drug-likeness (QED) is 0.413. The predicted molar refractivity (Wildman–Crippen MR) is 111 cm³/mol. The summed E-state index contributed by atoms with van der Waals surface area (Å²) in [6, 6.07) is 12.8. The smallest absolute Gasteiger partial charge is 0.248 e. The van der Waals surface area contributed by atoms with Crippen LogP contribution in [0, 0.1) is 0 Å². The Labute approximate surface area is 169 Å². The number of ether oxygens (including phenoxy) is 1. The predicted octanol–water partition coefficient (Wildman–Crippen LogP) is 1.80. The number of β-amino-alcohol motifs (C(OH)–C–C–N with tert-alkyl or cyclic N) is 1. The number of carbonyl (C=O) groups is 1. The lowest BCUT2D eigenvalue weighted by Crippen LogP contribution is -2.45. The Morgan fingerprint density at radius 1 is 1.24 bits per heavy atom. The first-order chi connectivity index (χ1) is 13.8. The highest BCUT2D eigenvalue weighted by Gasteiger charge is 2.19. The third-order valence-corrected chi connectivity index (χ3v) is 4.83. The highest BCUT2D eigenvalue weighted by molar-refractivity contribution is 5.92. The van der Waals surface area contributed by atoms with Crippen LogP contribution in [0.15, 0.2) is 42.5 Å². The molecule has 1 unspecified atom stereocenters. The molecule has 1 atom stereocenters. The van der Waals surface area contributed by atoms with Crippen molar-refractivity contribution in [1.29, 1.82) is 0 Å². The first kappa shape index (κ1) is 20.8. The summed E-state index contributed by atoms with van der Waals surface area (Å²) in [6.45, 7) is 4.75. The number of nitrogens with zero attached hydrogens (tertiary/aromatic N) is 2. The zero-order chi connectivity index (χ0) is 20.9. The van der Waals surface area contributed by atoms with E-state index in [1.807, 2.05) is 24.3 Å². The van der Waals surface area contributed by atoms with E-state index in [9.17, 15) is 9.90 Å². The second kappa shape index (κ2) is 9.02. The molecule has 0 spiro atoms. The summed E-state index contributed by atoms with van der Waals surface area (Å²) in [7, 11) is 0. The maximum absolute atomic E-state index is 11.1. The molecule has 0 saturated carbocycles. The second-order valence-electron chi connectivity index (χ2n) is 7.74. The fourth-order valence-corrected chi connectivity index (χ4v) is 2.98. The van der Waals surface area contributed by atoms with E-state index in [4.69, 9.17) is 10.5 Å². The monoisotopic (exact) mass is 397 g/mol. The fourth-order valence-electron chi connectivity index (χ4n) is 2.98. The average molecular weight is 397 g/mol. The van der Waals surface area contributed by atoms with Gasteiger partial charge in [-0.3, -0.25) is 4.79 Å². The van der Waals surface area contributed by atoms with Gasteiger partial charge in [0.2, 0.25) is 5.91 Å². The highest BCUT2D eigenvalue weighted by Crippen LogP contribution is 2.21. The van der Waals surface area contributed by atoms with E-state index in [0.717, 1.165) is 23.9 Å². The van der Waals surface area contributed by atoms with Crippen molar-refractivity contribution < 1.29 is 14.6 Å². The largest absolute Gasteiger partial charge is 0.488 e. The summed E-state index contributed by atoms with van der Waals surface area (Å²) in [5.41, 5.74) is 8.11. The van der Waals surface area contributed by atoms with Crippen LogP contribution in [0.4, 0.5) is 0 Å². The molecule has 2 aromatic carbocycles. The molecule has 154 valence electrons. The molecule has 0 saturated heterocycles. The maximum Gasteiger partial charge on any atom is 0.248 e. The Balaban J connectivity index is 1.44. The van der Waals surface area contributed by atoms with Crippen molar-refractivity contribution in [3.8, 4) is 5.75 Å². The molecule has 8 heteroatoms. The van der Waals surface area contributed by atoms with E-state index in [-0.39, 0.29) is 12.1 Å². The molecule has 0 bridgehead atoms. The van der Waals surface area contributed by atoms with E-state index in [1.54, 1.807) is 18.2 Å². The van der Waals surface area contributed by atoms with Gasteiger partial charge >= 0.3 is 0 Å². The number of carbonyl (C=O) groups excluding carboxylic acids is 1. The molecule has 0 aliphatic heterocycles. The molecule has 0 radical (unpaired) electrons. The van der Waals surface area contributed by atoms with Crippen LogP contribution in [0.5, 0.6) is 5.75 Å². The molecular formula is C21H27N5O3. The summed E-state index contributed by atoms with van der Waals surface area (Å²) < 4.78 is 5.71. The number of hydrogen-bond acceptors (Lipinski definition) is 6. The van der Waals surface area contributed by atoms with Crippen molar-refractivity contribution in [3.05, 3.63) is 53.6 Å². The molecular weight excluding hydrogens is 370 g/mol. The Bertz CT molecular complexity index is 952. The average Bonchev–Trinajstić information content (AvgIpc) is 3.19. The van der Waals surface area contributed by atoms with E-state index in [0.29, 0.717) is 23.4 Å². The third kappa shape index (κ3) is 5.75. The number of hydrogen-bond donors (Lipinski definition) is 4. The lowest BCUT2D eigenvalue weighted by molar-refractivity contribution is 0.0988. The number of aromatic amines is 1. The number of nitrogens with two attached hydrogens (primary N) is 1. The number of aromatic nitrogens is 3. The van der Waals surface area contributed by atoms with Crippen LogP contribution in [0.3, 0.4) is 0 Å². The van der Waals surface area contributed by atoms with Crippen molar-refractivity contribution >= 4 is 16.9 Å². The number of aliphatic hydroxyl groups excluding tert-OH is 1. The van der Waals surface area contributed by atoms with Crippen LogP contribution in [0.2, 0.25) is 0 Å². The Kier molecular flexibility index (Phi) is 6.46. The summed E-state index contributed by atoms with van der Waals surface area (Å²) >= 11 is 0. The van der Waals surface area contributed by atoms with Gasteiger partial charge < -0.3 is 20.9 Å². The first-order valence-electron chi connectivity index (χ1n) is 9.58. The molecule has 0 aliphatic carbocycles. The number of nitrogens with one attached hydrogen (secondary N) is 2. The summed E-state index contributed by atoms with van der Waals surface area (Å²) in [4.78, 5) is 11.1. The minimum atomic E-state index is -0.661. The third-order valence-electron chi connectivity index (χ3n) is 4.83. The number of aryl methyl sites for hydroxylation is 1. The van der Waals surface area contributed by atoms with Gasteiger partial charge in [0, 0.05) is 17.6 Å². The number of benzene rings is 2. The van der Waals surface area contributed by atoms with Crippen LogP contribution < -0.4 is 15.8 Å². The summed E-state index contributed by atoms with van der Waals surface area (Å²) in [6.07, 6.45) is 1.06. The molecule has 1 heterocycles. The number of fused-ring (bicyclic) bond motifs is 1. The van der Waals surface area contributed by atoms with Crippen LogP contribution >= 0.6 is 0 Å². The van der Waals surface area contributed by atoms with E-state index >= 15 is 0 Å². The Morgan fingerprint density at radius 3 is 2.72 bits per heavy atom. The number of para-hydroxylation sites is 1.